The van der Waals surface area contributed by atoms with Crippen LogP contribution in [0.2, 0.25) is 0 Å². The van der Waals surface area contributed by atoms with Crippen molar-refractivity contribution < 1.29 is 9.31 Å². The number of fused-ring (bicyclic) bond motifs is 3. The molecule has 2 nitrogen and oxygen atoms in total. The maximum Gasteiger partial charge on any atom is 0.340 e. The summed E-state index contributed by atoms with van der Waals surface area (Å²) in [5.41, 5.74) is 2.62. The molecule has 2 aliphatic rings. The van der Waals surface area contributed by atoms with E-state index in [1.54, 1.807) is 0 Å². The summed E-state index contributed by atoms with van der Waals surface area (Å²) in [5.74, 6) is 1.57. The molecule has 0 saturated carbocycles. The van der Waals surface area contributed by atoms with E-state index < -0.39 is 0 Å². The molecule has 0 radical (unpaired) electrons. The minimum absolute atomic E-state index is 0.0368. The largest absolute Gasteiger partial charge is 0.429 e. The Morgan fingerprint density at radius 3 is 2.38 bits per heavy atom. The van der Waals surface area contributed by atoms with Gasteiger partial charge in [-0.2, -0.15) is 4.58 Å². The average molecular weight is 286 g/mol. The number of nitrogens with zero attached hydrogens (tertiary/aromatic N) is 1. The van der Waals surface area contributed by atoms with Gasteiger partial charge in [0.1, 0.15) is 0 Å². The van der Waals surface area contributed by atoms with Gasteiger partial charge in [-0.05, 0) is 46.6 Å². The van der Waals surface area contributed by atoms with Gasteiger partial charge in [-0.1, -0.05) is 24.3 Å². The maximum absolute atomic E-state index is 6.66. The Morgan fingerprint density at radius 1 is 1.10 bits per heavy atom. The Kier molecular flexibility index (Phi) is 3.20. The zero-order chi connectivity index (χ0) is 15.4. The van der Waals surface area contributed by atoms with E-state index in [-0.39, 0.29) is 11.1 Å². The molecule has 1 aromatic carbocycles. The average Bonchev–Trinajstić information content (AvgIpc) is 2.68. The molecule has 0 spiro atoms. The SMILES string of the molecule is CC(C)C1=[N+](C(C)C)[C@]2(C)CCc3ccccc3[C@]2(C)O1. The fourth-order valence-electron chi connectivity index (χ4n) is 4.35. The third-order valence-corrected chi connectivity index (χ3v) is 5.53. The van der Waals surface area contributed by atoms with E-state index >= 15 is 0 Å². The number of aryl methyl sites for hydroxylation is 1. The van der Waals surface area contributed by atoms with Crippen molar-refractivity contribution >= 4 is 5.90 Å². The molecule has 0 saturated heterocycles. The van der Waals surface area contributed by atoms with Crippen molar-refractivity contribution in [2.24, 2.45) is 5.92 Å². The van der Waals surface area contributed by atoms with Gasteiger partial charge in [0.25, 0.3) is 0 Å². The van der Waals surface area contributed by atoms with Crippen molar-refractivity contribution in [3.05, 3.63) is 35.4 Å². The Hall–Kier alpha value is -1.31. The van der Waals surface area contributed by atoms with Crippen LogP contribution in [0.4, 0.5) is 0 Å². The van der Waals surface area contributed by atoms with Crippen molar-refractivity contribution in [2.75, 3.05) is 0 Å². The van der Waals surface area contributed by atoms with E-state index in [9.17, 15) is 0 Å². The molecule has 0 fully saturated rings. The van der Waals surface area contributed by atoms with E-state index in [0.717, 1.165) is 18.7 Å². The van der Waals surface area contributed by atoms with Crippen LogP contribution in [0.25, 0.3) is 0 Å². The van der Waals surface area contributed by atoms with Crippen LogP contribution in [-0.2, 0) is 16.8 Å². The zero-order valence-electron chi connectivity index (χ0n) is 14.2. The number of ether oxygens (including phenoxy) is 1. The quantitative estimate of drug-likeness (QED) is 0.745. The molecule has 2 atom stereocenters. The van der Waals surface area contributed by atoms with E-state index in [2.05, 4.69) is 70.4 Å². The number of hydrogen-bond donors (Lipinski definition) is 0. The van der Waals surface area contributed by atoms with E-state index in [0.29, 0.717) is 12.0 Å². The normalized spacial score (nSPS) is 31.4. The molecule has 21 heavy (non-hydrogen) atoms. The molecule has 1 aromatic rings. The number of rotatable bonds is 2. The van der Waals surface area contributed by atoms with Crippen LogP contribution in [-0.4, -0.2) is 22.1 Å². The second-order valence-corrected chi connectivity index (χ2v) is 7.52. The Labute approximate surface area is 128 Å². The first kappa shape index (κ1) is 14.6. The molecule has 0 bridgehead atoms. The molecule has 3 rings (SSSR count). The highest BCUT2D eigenvalue weighted by Gasteiger charge is 2.66. The lowest BCUT2D eigenvalue weighted by Crippen LogP contribution is -2.55. The Bertz CT molecular complexity index is 601. The minimum atomic E-state index is -0.244. The first-order valence-corrected chi connectivity index (χ1v) is 8.25. The Morgan fingerprint density at radius 2 is 1.76 bits per heavy atom. The molecule has 2 heteroatoms. The molecule has 0 aromatic heterocycles. The van der Waals surface area contributed by atoms with Crippen LogP contribution in [0.5, 0.6) is 0 Å². The highest BCUT2D eigenvalue weighted by Crippen LogP contribution is 2.51. The second-order valence-electron chi connectivity index (χ2n) is 7.52. The first-order chi connectivity index (χ1) is 9.81. The van der Waals surface area contributed by atoms with Gasteiger partial charge in [0, 0.05) is 18.9 Å². The molecule has 0 amide bonds. The van der Waals surface area contributed by atoms with Gasteiger partial charge in [0.15, 0.2) is 6.04 Å². The monoisotopic (exact) mass is 286 g/mol. The van der Waals surface area contributed by atoms with E-state index in [1.807, 2.05) is 0 Å². The van der Waals surface area contributed by atoms with Crippen LogP contribution >= 0.6 is 0 Å². The van der Waals surface area contributed by atoms with Crippen molar-refractivity contribution in [1.82, 2.24) is 0 Å². The summed E-state index contributed by atoms with van der Waals surface area (Å²) in [6.45, 7) is 13.7. The molecule has 114 valence electrons. The van der Waals surface area contributed by atoms with Gasteiger partial charge >= 0.3 is 5.90 Å². The molecule has 1 aliphatic heterocycles. The lowest BCUT2D eigenvalue weighted by atomic mass is 9.68. The number of hydrogen-bond acceptors (Lipinski definition) is 1. The molecule has 1 aliphatic carbocycles. The second kappa shape index (κ2) is 4.59. The number of benzene rings is 1. The summed E-state index contributed by atoms with van der Waals surface area (Å²) in [6, 6.07) is 9.27. The van der Waals surface area contributed by atoms with Crippen molar-refractivity contribution in [2.45, 2.75) is 71.6 Å². The van der Waals surface area contributed by atoms with Crippen LogP contribution in [0.15, 0.2) is 24.3 Å². The van der Waals surface area contributed by atoms with Gasteiger partial charge < -0.3 is 4.74 Å². The van der Waals surface area contributed by atoms with E-state index in [4.69, 9.17) is 4.74 Å². The van der Waals surface area contributed by atoms with Gasteiger partial charge in [0.05, 0.1) is 5.92 Å². The van der Waals surface area contributed by atoms with E-state index in [1.165, 1.54) is 11.1 Å². The predicted molar refractivity (Wildman–Crippen MR) is 86.8 cm³/mol. The molecule has 0 unspecified atom stereocenters. The van der Waals surface area contributed by atoms with Gasteiger partial charge in [-0.15, -0.1) is 0 Å². The fraction of sp³-hybridized carbons (Fsp3) is 0.632. The van der Waals surface area contributed by atoms with Crippen LogP contribution in [0, 0.1) is 5.92 Å². The van der Waals surface area contributed by atoms with Crippen molar-refractivity contribution in [3.63, 3.8) is 0 Å². The standard InChI is InChI=1S/C19H28NO/c1-13(2)17-20(14(3)4)18(5)12-11-15-9-7-8-10-16(15)19(18,6)21-17/h7-10,13-14H,11-12H2,1-6H3/q+1/t18-,19+/m1/s1. The highest BCUT2D eigenvalue weighted by atomic mass is 16.5. The van der Waals surface area contributed by atoms with Gasteiger partial charge in [0.2, 0.25) is 11.1 Å². The lowest BCUT2D eigenvalue weighted by molar-refractivity contribution is -0.635. The van der Waals surface area contributed by atoms with Crippen LogP contribution < -0.4 is 0 Å². The maximum atomic E-state index is 6.66. The summed E-state index contributed by atoms with van der Waals surface area (Å²) in [7, 11) is 0. The smallest absolute Gasteiger partial charge is 0.340 e. The lowest BCUT2D eigenvalue weighted by Gasteiger charge is -2.41. The molecule has 1 heterocycles. The predicted octanol–water partition coefficient (Wildman–Crippen LogP) is 4.11. The summed E-state index contributed by atoms with van der Waals surface area (Å²) < 4.78 is 9.21. The Balaban J connectivity index is 2.21. The summed E-state index contributed by atoms with van der Waals surface area (Å²) in [4.78, 5) is 0. The minimum Gasteiger partial charge on any atom is -0.429 e. The topological polar surface area (TPSA) is 12.2 Å². The third-order valence-electron chi connectivity index (χ3n) is 5.53. The van der Waals surface area contributed by atoms with Crippen LogP contribution in [0.3, 0.4) is 0 Å². The summed E-state index contributed by atoms with van der Waals surface area (Å²) in [5, 5.41) is 0. The molecule has 0 N–H and O–H groups in total. The summed E-state index contributed by atoms with van der Waals surface area (Å²) >= 11 is 0. The summed E-state index contributed by atoms with van der Waals surface area (Å²) in [6.07, 6.45) is 2.29. The van der Waals surface area contributed by atoms with Crippen molar-refractivity contribution in [1.29, 1.82) is 0 Å². The molecular formula is C19H28NO+. The van der Waals surface area contributed by atoms with Crippen molar-refractivity contribution in [3.8, 4) is 0 Å². The highest BCUT2D eigenvalue weighted by molar-refractivity contribution is 5.76. The first-order valence-electron chi connectivity index (χ1n) is 8.25. The van der Waals surface area contributed by atoms with Gasteiger partial charge in [-0.25, -0.2) is 0 Å². The van der Waals surface area contributed by atoms with Gasteiger partial charge in [-0.3, -0.25) is 0 Å². The van der Waals surface area contributed by atoms with Crippen LogP contribution in [0.1, 0.15) is 59.1 Å². The molecular weight excluding hydrogens is 258 g/mol. The third kappa shape index (κ3) is 1.81. The fourth-order valence-corrected chi connectivity index (χ4v) is 4.35. The zero-order valence-corrected chi connectivity index (χ0v) is 14.2.